The number of halogens is 2. The Bertz CT molecular complexity index is 586. The van der Waals surface area contributed by atoms with Gasteiger partial charge >= 0.3 is 0 Å². The van der Waals surface area contributed by atoms with E-state index in [0.717, 1.165) is 10.0 Å². The van der Waals surface area contributed by atoms with Crippen molar-refractivity contribution in [2.45, 2.75) is 19.0 Å². The third-order valence-electron chi connectivity index (χ3n) is 2.82. The van der Waals surface area contributed by atoms with Crippen molar-refractivity contribution in [1.29, 1.82) is 0 Å². The molecule has 0 bridgehead atoms. The van der Waals surface area contributed by atoms with Gasteiger partial charge in [-0.15, -0.1) is 0 Å². The number of hydrogen-bond acceptors (Lipinski definition) is 3. The first-order valence-corrected chi connectivity index (χ1v) is 8.38. The van der Waals surface area contributed by atoms with E-state index in [1.165, 1.54) is 5.41 Å². The van der Waals surface area contributed by atoms with Crippen molar-refractivity contribution in [1.82, 2.24) is 5.32 Å². The molecule has 3 nitrogen and oxygen atoms in total. The van der Waals surface area contributed by atoms with Crippen molar-refractivity contribution >= 4 is 37.4 Å². The molecule has 1 aliphatic rings. The highest BCUT2D eigenvalue weighted by atomic mass is 79.9. The molecular weight excluding hydrogens is 338 g/mol. The SMILES string of the molecule is CC(NC1C=CS(=O)(=O)C1)c1ccc(Br)cc1Cl. The van der Waals surface area contributed by atoms with Gasteiger partial charge in [-0.25, -0.2) is 8.42 Å². The van der Waals surface area contributed by atoms with Gasteiger partial charge in [0.25, 0.3) is 0 Å². The lowest BCUT2D eigenvalue weighted by molar-refractivity contribution is 0.535. The molecule has 0 amide bonds. The molecule has 0 radical (unpaired) electrons. The maximum atomic E-state index is 11.3. The third-order valence-corrected chi connectivity index (χ3v) is 5.04. The van der Waals surface area contributed by atoms with Crippen LogP contribution >= 0.6 is 27.5 Å². The van der Waals surface area contributed by atoms with Crippen LogP contribution in [0.25, 0.3) is 0 Å². The Morgan fingerprint density at radius 1 is 1.50 bits per heavy atom. The van der Waals surface area contributed by atoms with Crippen molar-refractivity contribution < 1.29 is 8.42 Å². The highest BCUT2D eigenvalue weighted by Crippen LogP contribution is 2.27. The lowest BCUT2D eigenvalue weighted by Crippen LogP contribution is -2.32. The van der Waals surface area contributed by atoms with Crippen LogP contribution in [0.1, 0.15) is 18.5 Å². The van der Waals surface area contributed by atoms with Crippen LogP contribution < -0.4 is 5.32 Å². The van der Waals surface area contributed by atoms with Crippen molar-refractivity contribution in [3.05, 3.63) is 44.7 Å². The Labute approximate surface area is 120 Å². The Balaban J connectivity index is 2.09. The summed E-state index contributed by atoms with van der Waals surface area (Å²) in [5.74, 6) is 0.117. The van der Waals surface area contributed by atoms with E-state index in [9.17, 15) is 8.42 Å². The minimum atomic E-state index is -3.02. The minimum Gasteiger partial charge on any atom is -0.303 e. The average Bonchev–Trinajstić information content (AvgIpc) is 2.57. The van der Waals surface area contributed by atoms with E-state index in [1.807, 2.05) is 25.1 Å². The van der Waals surface area contributed by atoms with Gasteiger partial charge in [0.1, 0.15) is 0 Å². The summed E-state index contributed by atoms with van der Waals surface area (Å²) >= 11 is 9.51. The zero-order valence-corrected chi connectivity index (χ0v) is 12.9. The van der Waals surface area contributed by atoms with Gasteiger partial charge in [-0.05, 0) is 24.6 Å². The summed E-state index contributed by atoms with van der Waals surface area (Å²) in [6.45, 7) is 1.97. The summed E-state index contributed by atoms with van der Waals surface area (Å²) in [6.07, 6.45) is 1.68. The van der Waals surface area contributed by atoms with Crippen LogP contribution in [-0.4, -0.2) is 20.2 Å². The van der Waals surface area contributed by atoms with E-state index in [2.05, 4.69) is 21.2 Å². The Kier molecular flexibility index (Phi) is 4.16. The Morgan fingerprint density at radius 2 is 2.22 bits per heavy atom. The van der Waals surface area contributed by atoms with Gasteiger partial charge in [0.2, 0.25) is 0 Å². The predicted octanol–water partition coefficient (Wildman–Crippen LogP) is 3.06. The fourth-order valence-electron chi connectivity index (χ4n) is 1.94. The summed E-state index contributed by atoms with van der Waals surface area (Å²) in [5.41, 5.74) is 0.956. The van der Waals surface area contributed by atoms with Gasteiger partial charge in [0, 0.05) is 27.0 Å². The van der Waals surface area contributed by atoms with Crippen LogP contribution in [0.5, 0.6) is 0 Å². The van der Waals surface area contributed by atoms with E-state index in [4.69, 9.17) is 11.6 Å². The molecular formula is C12H13BrClNO2S. The molecule has 0 spiro atoms. The highest BCUT2D eigenvalue weighted by Gasteiger charge is 2.23. The molecule has 0 aliphatic carbocycles. The zero-order valence-electron chi connectivity index (χ0n) is 9.73. The summed E-state index contributed by atoms with van der Waals surface area (Å²) < 4.78 is 23.5. The summed E-state index contributed by atoms with van der Waals surface area (Å²) in [5, 5.41) is 5.17. The van der Waals surface area contributed by atoms with E-state index in [0.29, 0.717) is 5.02 Å². The molecule has 1 N–H and O–H groups in total. The maximum Gasteiger partial charge on any atom is 0.173 e. The molecule has 0 aromatic heterocycles. The molecule has 0 fully saturated rings. The van der Waals surface area contributed by atoms with Crippen LogP contribution in [-0.2, 0) is 9.84 Å². The first-order chi connectivity index (χ1) is 8.37. The fraction of sp³-hybridized carbons (Fsp3) is 0.333. The lowest BCUT2D eigenvalue weighted by atomic mass is 10.1. The van der Waals surface area contributed by atoms with Gasteiger partial charge < -0.3 is 5.32 Å². The van der Waals surface area contributed by atoms with E-state index in [1.54, 1.807) is 6.08 Å². The van der Waals surface area contributed by atoms with Crippen molar-refractivity contribution in [2.75, 3.05) is 5.75 Å². The first kappa shape index (κ1) is 14.1. The topological polar surface area (TPSA) is 46.2 Å². The van der Waals surface area contributed by atoms with Gasteiger partial charge in [0.05, 0.1) is 5.75 Å². The second kappa shape index (κ2) is 5.33. The van der Waals surface area contributed by atoms with E-state index < -0.39 is 9.84 Å². The molecule has 1 aromatic carbocycles. The van der Waals surface area contributed by atoms with Crippen LogP contribution in [0.4, 0.5) is 0 Å². The lowest BCUT2D eigenvalue weighted by Gasteiger charge is -2.19. The molecule has 6 heteroatoms. The largest absolute Gasteiger partial charge is 0.303 e. The second-order valence-electron chi connectivity index (χ2n) is 4.32. The first-order valence-electron chi connectivity index (χ1n) is 5.49. The van der Waals surface area contributed by atoms with Crippen LogP contribution in [0.2, 0.25) is 5.02 Å². The molecule has 2 atom stereocenters. The number of sulfone groups is 1. The van der Waals surface area contributed by atoms with E-state index >= 15 is 0 Å². The molecule has 18 heavy (non-hydrogen) atoms. The maximum absolute atomic E-state index is 11.3. The van der Waals surface area contributed by atoms with Crippen molar-refractivity contribution in [2.24, 2.45) is 0 Å². The molecule has 2 unspecified atom stereocenters. The Hall–Kier alpha value is -0.360. The number of nitrogens with one attached hydrogen (secondary N) is 1. The standard InChI is InChI=1S/C12H13BrClNO2S/c1-8(11-3-2-9(13)6-12(11)14)15-10-4-5-18(16,17)7-10/h2-6,8,10,15H,7H2,1H3. The monoisotopic (exact) mass is 349 g/mol. The molecule has 0 saturated carbocycles. The number of hydrogen-bond donors (Lipinski definition) is 1. The summed E-state index contributed by atoms with van der Waals surface area (Å²) in [6, 6.07) is 5.52. The minimum absolute atomic E-state index is 0.00597. The van der Waals surface area contributed by atoms with Crippen LogP contribution in [0, 0.1) is 0 Å². The van der Waals surface area contributed by atoms with Crippen LogP contribution in [0.3, 0.4) is 0 Å². The molecule has 1 aromatic rings. The summed E-state index contributed by atoms with van der Waals surface area (Å²) in [7, 11) is -3.02. The molecule has 2 rings (SSSR count). The quantitative estimate of drug-likeness (QED) is 0.911. The predicted molar refractivity (Wildman–Crippen MR) is 77.4 cm³/mol. The van der Waals surface area contributed by atoms with E-state index in [-0.39, 0.29) is 17.8 Å². The molecule has 98 valence electrons. The molecule has 0 saturated heterocycles. The molecule has 1 aliphatic heterocycles. The van der Waals surface area contributed by atoms with Gasteiger partial charge in [-0.1, -0.05) is 39.7 Å². The Morgan fingerprint density at radius 3 is 2.78 bits per heavy atom. The average molecular weight is 351 g/mol. The van der Waals surface area contributed by atoms with Crippen LogP contribution in [0.15, 0.2) is 34.2 Å². The van der Waals surface area contributed by atoms with Gasteiger partial charge in [0.15, 0.2) is 9.84 Å². The second-order valence-corrected chi connectivity index (χ2v) is 7.57. The smallest absolute Gasteiger partial charge is 0.173 e. The normalized spacial score (nSPS) is 23.2. The number of rotatable bonds is 3. The zero-order chi connectivity index (χ0) is 13.3. The summed E-state index contributed by atoms with van der Waals surface area (Å²) in [4.78, 5) is 0. The number of benzene rings is 1. The molecule has 1 heterocycles. The third kappa shape index (κ3) is 3.35. The van der Waals surface area contributed by atoms with Gasteiger partial charge in [-0.3, -0.25) is 0 Å². The van der Waals surface area contributed by atoms with Crippen molar-refractivity contribution in [3.8, 4) is 0 Å². The van der Waals surface area contributed by atoms with Gasteiger partial charge in [-0.2, -0.15) is 0 Å². The highest BCUT2D eigenvalue weighted by molar-refractivity contribution is 9.10. The van der Waals surface area contributed by atoms with Crippen molar-refractivity contribution in [3.63, 3.8) is 0 Å². The fourth-order valence-corrected chi connectivity index (χ4v) is 4.03.